The fraction of sp³-hybridized carbons (Fsp3) is 0.385. The summed E-state index contributed by atoms with van der Waals surface area (Å²) in [5, 5.41) is 13.0. The second-order valence-electron chi connectivity index (χ2n) is 9.48. The zero-order chi connectivity index (χ0) is 24.9. The van der Waals surface area contributed by atoms with Gasteiger partial charge in [0.05, 0.1) is 16.8 Å². The van der Waals surface area contributed by atoms with Crippen molar-refractivity contribution in [1.29, 1.82) is 0 Å². The van der Waals surface area contributed by atoms with Gasteiger partial charge in [-0.1, -0.05) is 37.3 Å². The molecule has 0 radical (unpaired) electrons. The number of ketones is 1. The number of amides is 3. The predicted molar refractivity (Wildman–Crippen MR) is 124 cm³/mol. The standard InChI is InChI=1S/C26H25N3O6/c1-2-20(23(30)15-6-4-3-5-7-15)27(24(31)16-10-12-19(13-11-16)29(34)35)28-25(32)21-17-8-9-18(14-17)22(21)26(28)33/h3-7,10-13,17-18,20-22H,2,8-9,14H2,1H3/t17-,18-,20+,21-,22+/m0/s1. The molecule has 2 saturated carbocycles. The van der Waals surface area contributed by atoms with Crippen LogP contribution in [0.4, 0.5) is 5.69 Å². The van der Waals surface area contributed by atoms with Crippen LogP contribution in [0.3, 0.4) is 0 Å². The van der Waals surface area contributed by atoms with Crippen molar-refractivity contribution in [3.05, 3.63) is 75.8 Å². The fourth-order valence-electron chi connectivity index (χ4n) is 6.10. The van der Waals surface area contributed by atoms with Gasteiger partial charge in [0.1, 0.15) is 6.04 Å². The Morgan fingerprint density at radius 2 is 1.54 bits per heavy atom. The molecule has 2 bridgehead atoms. The van der Waals surface area contributed by atoms with Crippen LogP contribution in [0.5, 0.6) is 0 Å². The van der Waals surface area contributed by atoms with Crippen molar-refractivity contribution in [2.24, 2.45) is 23.7 Å². The Bertz CT molecular complexity index is 1180. The topological polar surface area (TPSA) is 118 Å². The van der Waals surface area contributed by atoms with Gasteiger partial charge in [-0.25, -0.2) is 5.01 Å². The molecule has 35 heavy (non-hydrogen) atoms. The molecule has 5 atom stereocenters. The lowest BCUT2D eigenvalue weighted by molar-refractivity contribution is -0.384. The molecule has 0 aromatic heterocycles. The van der Waals surface area contributed by atoms with Gasteiger partial charge in [-0.05, 0) is 49.7 Å². The van der Waals surface area contributed by atoms with E-state index in [0.29, 0.717) is 5.56 Å². The number of Topliss-reactive ketones (excluding diaryl/α,β-unsaturated/α-hetero) is 1. The van der Waals surface area contributed by atoms with Crippen molar-refractivity contribution >= 4 is 29.2 Å². The summed E-state index contributed by atoms with van der Waals surface area (Å²) in [6.45, 7) is 1.72. The first kappa shape index (κ1) is 22.9. The van der Waals surface area contributed by atoms with E-state index in [2.05, 4.69) is 0 Å². The van der Waals surface area contributed by atoms with Gasteiger partial charge in [-0.15, -0.1) is 0 Å². The maximum Gasteiger partial charge on any atom is 0.273 e. The summed E-state index contributed by atoms with van der Waals surface area (Å²) in [4.78, 5) is 65.0. The van der Waals surface area contributed by atoms with Gasteiger partial charge in [-0.2, -0.15) is 5.01 Å². The van der Waals surface area contributed by atoms with Gasteiger partial charge >= 0.3 is 0 Å². The molecule has 3 fully saturated rings. The van der Waals surface area contributed by atoms with E-state index >= 15 is 0 Å². The van der Waals surface area contributed by atoms with E-state index in [9.17, 15) is 29.3 Å². The Labute approximate surface area is 201 Å². The first-order valence-electron chi connectivity index (χ1n) is 11.9. The van der Waals surface area contributed by atoms with Crippen LogP contribution < -0.4 is 0 Å². The van der Waals surface area contributed by atoms with Crippen LogP contribution >= 0.6 is 0 Å². The molecule has 2 aromatic carbocycles. The summed E-state index contributed by atoms with van der Waals surface area (Å²) in [7, 11) is 0. The van der Waals surface area contributed by atoms with Gasteiger partial charge in [0.25, 0.3) is 23.4 Å². The number of hydrogen-bond acceptors (Lipinski definition) is 6. The number of nitro benzene ring substituents is 1. The largest absolute Gasteiger partial charge is 0.292 e. The van der Waals surface area contributed by atoms with Crippen LogP contribution in [0.25, 0.3) is 0 Å². The van der Waals surface area contributed by atoms with Crippen molar-refractivity contribution in [3.8, 4) is 0 Å². The third-order valence-corrected chi connectivity index (χ3v) is 7.70. The van der Waals surface area contributed by atoms with Crippen molar-refractivity contribution in [2.45, 2.75) is 38.6 Å². The molecule has 9 nitrogen and oxygen atoms in total. The summed E-state index contributed by atoms with van der Waals surface area (Å²) < 4.78 is 0. The third-order valence-electron chi connectivity index (χ3n) is 7.70. The molecule has 3 aliphatic rings. The molecular weight excluding hydrogens is 450 g/mol. The van der Waals surface area contributed by atoms with E-state index in [1.54, 1.807) is 37.3 Å². The molecule has 3 amide bonds. The van der Waals surface area contributed by atoms with Crippen molar-refractivity contribution in [2.75, 3.05) is 0 Å². The number of hydrazine groups is 1. The summed E-state index contributed by atoms with van der Waals surface area (Å²) in [5.74, 6) is -2.64. The zero-order valence-electron chi connectivity index (χ0n) is 19.2. The highest BCUT2D eigenvalue weighted by Gasteiger charge is 2.63. The molecule has 5 rings (SSSR count). The minimum Gasteiger partial charge on any atom is -0.292 e. The number of carbonyl (C=O) groups is 4. The molecule has 1 heterocycles. The third kappa shape index (κ3) is 3.62. The summed E-state index contributed by atoms with van der Waals surface area (Å²) in [5.41, 5.74) is 0.218. The number of hydrogen-bond donors (Lipinski definition) is 0. The predicted octanol–water partition coefficient (Wildman–Crippen LogP) is 3.64. The lowest BCUT2D eigenvalue weighted by atomic mass is 9.81. The van der Waals surface area contributed by atoms with E-state index in [0.717, 1.165) is 29.3 Å². The quantitative estimate of drug-likeness (QED) is 0.261. The van der Waals surface area contributed by atoms with Gasteiger partial charge in [0, 0.05) is 23.3 Å². The number of benzene rings is 2. The number of imide groups is 1. The summed E-state index contributed by atoms with van der Waals surface area (Å²) >= 11 is 0. The molecule has 180 valence electrons. The highest BCUT2D eigenvalue weighted by molar-refractivity contribution is 6.11. The van der Waals surface area contributed by atoms with Crippen molar-refractivity contribution in [1.82, 2.24) is 10.0 Å². The van der Waals surface area contributed by atoms with Gasteiger partial charge in [0.2, 0.25) is 0 Å². The molecule has 9 heteroatoms. The maximum absolute atomic E-state index is 13.8. The number of rotatable bonds is 7. The van der Waals surface area contributed by atoms with Crippen LogP contribution in [-0.2, 0) is 9.59 Å². The highest BCUT2D eigenvalue weighted by Crippen LogP contribution is 2.56. The maximum atomic E-state index is 13.8. The van der Waals surface area contributed by atoms with Crippen LogP contribution in [0.1, 0.15) is 53.3 Å². The Balaban J connectivity index is 1.57. The van der Waals surface area contributed by atoms with Crippen LogP contribution in [0, 0.1) is 33.8 Å². The number of carbonyl (C=O) groups excluding carboxylic acids is 4. The number of fused-ring (bicyclic) bond motifs is 5. The van der Waals surface area contributed by atoms with Crippen LogP contribution in [0.15, 0.2) is 54.6 Å². The average Bonchev–Trinajstić information content (AvgIpc) is 3.56. The lowest BCUT2D eigenvalue weighted by Gasteiger charge is -2.36. The minimum atomic E-state index is -1.09. The van der Waals surface area contributed by atoms with E-state index in [1.165, 1.54) is 24.3 Å². The Morgan fingerprint density at radius 3 is 2.06 bits per heavy atom. The van der Waals surface area contributed by atoms with E-state index < -0.39 is 40.5 Å². The van der Waals surface area contributed by atoms with E-state index in [4.69, 9.17) is 0 Å². The molecule has 1 saturated heterocycles. The molecule has 2 aromatic rings. The van der Waals surface area contributed by atoms with Crippen molar-refractivity contribution < 1.29 is 24.1 Å². The second-order valence-corrected chi connectivity index (χ2v) is 9.48. The Hall–Kier alpha value is -3.88. The Kier molecular flexibility index (Phi) is 5.70. The number of nitro groups is 1. The van der Waals surface area contributed by atoms with E-state index in [1.807, 2.05) is 0 Å². The van der Waals surface area contributed by atoms with Gasteiger partial charge < -0.3 is 0 Å². The SMILES string of the molecule is CC[C@H](C(=O)c1ccccc1)N(C(=O)c1ccc([N+](=O)[O-])cc1)N1C(=O)[C@@H]2[C@H]3CC[C@@H](C3)[C@@H]2C1=O. The lowest BCUT2D eigenvalue weighted by Crippen LogP contribution is -2.57. The minimum absolute atomic E-state index is 0.0514. The number of nitrogens with zero attached hydrogens (tertiary/aromatic N) is 3. The normalized spacial score (nSPS) is 25.5. The first-order valence-corrected chi connectivity index (χ1v) is 11.9. The van der Waals surface area contributed by atoms with Crippen LogP contribution in [-0.4, -0.2) is 44.5 Å². The number of non-ortho nitro benzene ring substituents is 1. The monoisotopic (exact) mass is 475 g/mol. The first-order chi connectivity index (χ1) is 16.8. The molecule has 0 unspecified atom stereocenters. The van der Waals surface area contributed by atoms with Gasteiger partial charge in [0.15, 0.2) is 5.78 Å². The van der Waals surface area contributed by atoms with Gasteiger partial charge in [-0.3, -0.25) is 29.3 Å². The zero-order valence-corrected chi connectivity index (χ0v) is 19.2. The molecule has 0 spiro atoms. The molecule has 2 aliphatic carbocycles. The smallest absolute Gasteiger partial charge is 0.273 e. The molecule has 1 aliphatic heterocycles. The highest BCUT2D eigenvalue weighted by atomic mass is 16.6. The molecule has 0 N–H and O–H groups in total. The Morgan fingerprint density at radius 1 is 0.971 bits per heavy atom. The molecular formula is C26H25N3O6. The van der Waals surface area contributed by atoms with Crippen molar-refractivity contribution in [3.63, 3.8) is 0 Å². The van der Waals surface area contributed by atoms with Crippen LogP contribution in [0.2, 0.25) is 0 Å². The fourth-order valence-corrected chi connectivity index (χ4v) is 6.10. The summed E-state index contributed by atoms with van der Waals surface area (Å²) in [6.07, 6.45) is 2.78. The second kappa shape index (κ2) is 8.72. The average molecular weight is 476 g/mol. The van der Waals surface area contributed by atoms with E-state index in [-0.39, 0.29) is 35.3 Å². The summed E-state index contributed by atoms with van der Waals surface area (Å²) in [6, 6.07) is 12.3.